The summed E-state index contributed by atoms with van der Waals surface area (Å²) in [7, 11) is 0. The van der Waals surface area contributed by atoms with Gasteiger partial charge in [0.25, 0.3) is 0 Å². The van der Waals surface area contributed by atoms with Gasteiger partial charge in [0.1, 0.15) is 6.54 Å². The number of aliphatic hydroxyl groups is 1. The van der Waals surface area contributed by atoms with Crippen LogP contribution in [0.1, 0.15) is 36.8 Å². The molecule has 30 heavy (non-hydrogen) atoms. The summed E-state index contributed by atoms with van der Waals surface area (Å²) in [6.07, 6.45) is 9.18. The van der Waals surface area contributed by atoms with E-state index in [-0.39, 0.29) is 6.10 Å². The van der Waals surface area contributed by atoms with E-state index in [0.29, 0.717) is 17.0 Å². The molecule has 3 fully saturated rings. The van der Waals surface area contributed by atoms with Crippen LogP contribution in [0, 0.1) is 18.3 Å². The fourth-order valence-electron chi connectivity index (χ4n) is 5.17. The van der Waals surface area contributed by atoms with Crippen molar-refractivity contribution in [1.29, 1.82) is 0 Å². The molecule has 0 amide bonds. The molecule has 2 bridgehead atoms. The first-order chi connectivity index (χ1) is 14.6. The van der Waals surface area contributed by atoms with Gasteiger partial charge in [-0.2, -0.15) is 0 Å². The van der Waals surface area contributed by atoms with Gasteiger partial charge in [-0.25, -0.2) is 4.79 Å². The molecule has 4 heteroatoms. The van der Waals surface area contributed by atoms with Crippen molar-refractivity contribution in [3.05, 3.63) is 71.8 Å². The molecule has 0 radical (unpaired) electrons. The fraction of sp³-hybridized carbons (Fsp3) is 0.423. The van der Waals surface area contributed by atoms with E-state index < -0.39 is 11.6 Å². The summed E-state index contributed by atoms with van der Waals surface area (Å²) in [6, 6.07) is 18.2. The van der Waals surface area contributed by atoms with Crippen LogP contribution < -0.4 is 0 Å². The Kier molecular flexibility index (Phi) is 5.94. The van der Waals surface area contributed by atoms with Crippen molar-refractivity contribution in [2.45, 2.75) is 37.4 Å². The van der Waals surface area contributed by atoms with E-state index in [2.05, 4.69) is 5.92 Å². The zero-order chi connectivity index (χ0) is 21.0. The molecule has 2 aromatic carbocycles. The Morgan fingerprint density at radius 1 is 1.07 bits per heavy atom. The quantitative estimate of drug-likeness (QED) is 0.333. The van der Waals surface area contributed by atoms with Crippen LogP contribution in [0.4, 0.5) is 0 Å². The van der Waals surface area contributed by atoms with Gasteiger partial charge >= 0.3 is 5.97 Å². The molecule has 1 N–H and O–H groups in total. The number of hydrogen-bond donors (Lipinski definition) is 1. The van der Waals surface area contributed by atoms with Crippen molar-refractivity contribution in [3.8, 4) is 12.3 Å². The third-order valence-electron chi connectivity index (χ3n) is 6.93. The lowest BCUT2D eigenvalue weighted by Gasteiger charge is -2.52. The number of benzene rings is 2. The average molecular weight is 405 g/mol. The number of nitrogens with zero attached hydrogens (tertiary/aromatic N) is 1. The summed E-state index contributed by atoms with van der Waals surface area (Å²) in [5.74, 6) is 2.52. The lowest BCUT2D eigenvalue weighted by atomic mass is 9.82. The molecule has 0 aliphatic carbocycles. The number of carbonyl (C=O) groups is 1. The molecule has 3 saturated heterocycles. The number of carbonyl (C=O) groups excluding carboxylic acids is 1. The second-order valence-electron chi connectivity index (χ2n) is 8.73. The highest BCUT2D eigenvalue weighted by atomic mass is 16.6. The molecule has 4 nitrogen and oxygen atoms in total. The fourth-order valence-corrected chi connectivity index (χ4v) is 5.17. The molecule has 1 atom stereocenters. The first kappa shape index (κ1) is 20.7. The molecule has 1 unspecified atom stereocenters. The van der Waals surface area contributed by atoms with Crippen LogP contribution in [0.2, 0.25) is 0 Å². The predicted octanol–water partition coefficient (Wildman–Crippen LogP) is 3.49. The molecule has 0 saturated carbocycles. The molecule has 156 valence electrons. The third-order valence-corrected chi connectivity index (χ3v) is 6.93. The maximum atomic E-state index is 13.5. The number of ether oxygens (including phenoxy) is 1. The second kappa shape index (κ2) is 8.63. The highest BCUT2D eigenvalue weighted by Gasteiger charge is 2.50. The largest absolute Gasteiger partial charge is 0.453 e. The molecule has 3 heterocycles. The lowest BCUT2D eigenvalue weighted by molar-refractivity contribution is -0.946. The second-order valence-corrected chi connectivity index (χ2v) is 8.73. The van der Waals surface area contributed by atoms with Gasteiger partial charge in [-0.3, -0.25) is 0 Å². The summed E-state index contributed by atoms with van der Waals surface area (Å²) in [5, 5.41) is 11.7. The van der Waals surface area contributed by atoms with Crippen LogP contribution in [0.25, 0.3) is 0 Å². The van der Waals surface area contributed by atoms with Gasteiger partial charge in [0.2, 0.25) is 5.60 Å². The van der Waals surface area contributed by atoms with E-state index >= 15 is 0 Å². The maximum absolute atomic E-state index is 13.5. The molecule has 2 aromatic rings. The minimum Gasteiger partial charge on any atom is -0.453 e. The SMILES string of the molecule is C#CCCC[N+]12CCC(CC1)C(OC(=O)C(O)(c1ccccc1)c1ccccc1)C2. The maximum Gasteiger partial charge on any atom is 0.348 e. The summed E-state index contributed by atoms with van der Waals surface area (Å²) >= 11 is 0. The minimum absolute atomic E-state index is 0.162. The summed E-state index contributed by atoms with van der Waals surface area (Å²) in [6.45, 7) is 4.11. The van der Waals surface area contributed by atoms with Crippen molar-refractivity contribution < 1.29 is 19.1 Å². The number of hydrogen-bond acceptors (Lipinski definition) is 3. The normalized spacial score (nSPS) is 25.5. The van der Waals surface area contributed by atoms with E-state index in [0.717, 1.165) is 56.3 Å². The Hall–Kier alpha value is -2.61. The monoisotopic (exact) mass is 404 g/mol. The lowest BCUT2D eigenvalue weighted by Crippen LogP contribution is -2.65. The molecule has 0 aromatic heterocycles. The van der Waals surface area contributed by atoms with Gasteiger partial charge < -0.3 is 14.3 Å². The number of piperidine rings is 3. The Morgan fingerprint density at radius 3 is 2.17 bits per heavy atom. The number of esters is 1. The number of fused-ring (bicyclic) bond motifs is 3. The van der Waals surface area contributed by atoms with Crippen LogP contribution in [0.5, 0.6) is 0 Å². The standard InChI is InChI=1S/C26H30NO3/c1-2-3-10-17-27-18-15-21(16-19-27)24(20-27)30-25(28)26(29,22-11-6-4-7-12-22)23-13-8-5-9-14-23/h1,4-9,11-14,21,24,29H,3,10,15-20H2/q+1. The molecule has 5 rings (SSSR count). The Bertz CT molecular complexity index is 855. The summed E-state index contributed by atoms with van der Waals surface area (Å²) in [5.41, 5.74) is -0.760. The van der Waals surface area contributed by atoms with E-state index in [1.54, 1.807) is 24.3 Å². The van der Waals surface area contributed by atoms with Crippen molar-refractivity contribution in [2.24, 2.45) is 5.92 Å². The zero-order valence-corrected chi connectivity index (χ0v) is 17.4. The minimum atomic E-state index is -1.82. The molecule has 3 aliphatic heterocycles. The van der Waals surface area contributed by atoms with Crippen molar-refractivity contribution in [1.82, 2.24) is 0 Å². The van der Waals surface area contributed by atoms with Gasteiger partial charge in [0.05, 0.1) is 19.6 Å². The van der Waals surface area contributed by atoms with Crippen LogP contribution in [0.15, 0.2) is 60.7 Å². The summed E-state index contributed by atoms with van der Waals surface area (Å²) < 4.78 is 7.06. The first-order valence-electron chi connectivity index (χ1n) is 10.9. The molecular weight excluding hydrogens is 374 g/mol. The van der Waals surface area contributed by atoms with E-state index in [1.807, 2.05) is 36.4 Å². The number of rotatable bonds is 7. The molecular formula is C26H30NO3+. The van der Waals surface area contributed by atoms with Crippen molar-refractivity contribution >= 4 is 5.97 Å². The Labute approximate surface area is 179 Å². The van der Waals surface area contributed by atoms with Gasteiger partial charge in [-0.1, -0.05) is 60.7 Å². The van der Waals surface area contributed by atoms with Crippen molar-refractivity contribution in [2.75, 3.05) is 26.2 Å². The van der Waals surface area contributed by atoms with Crippen molar-refractivity contribution in [3.63, 3.8) is 0 Å². The van der Waals surface area contributed by atoms with E-state index in [1.165, 1.54) is 0 Å². The third kappa shape index (κ3) is 3.88. The van der Waals surface area contributed by atoms with Crippen LogP contribution in [0.3, 0.4) is 0 Å². The average Bonchev–Trinajstić information content (AvgIpc) is 2.80. The first-order valence-corrected chi connectivity index (χ1v) is 10.9. The number of terminal acetylenes is 1. The number of unbranched alkanes of at least 4 members (excludes halogenated alkanes) is 1. The van der Waals surface area contributed by atoms with Gasteiger partial charge in [-0.15, -0.1) is 12.3 Å². The van der Waals surface area contributed by atoms with Crippen LogP contribution >= 0.6 is 0 Å². The van der Waals surface area contributed by atoms with E-state index in [4.69, 9.17) is 11.2 Å². The van der Waals surface area contributed by atoms with E-state index in [9.17, 15) is 9.90 Å². The van der Waals surface area contributed by atoms with Gasteiger partial charge in [0.15, 0.2) is 6.10 Å². The highest BCUT2D eigenvalue weighted by Crippen LogP contribution is 2.38. The van der Waals surface area contributed by atoms with Crippen LogP contribution in [-0.2, 0) is 15.1 Å². The van der Waals surface area contributed by atoms with Crippen LogP contribution in [-0.4, -0.2) is 47.8 Å². The Balaban J connectivity index is 1.57. The zero-order valence-electron chi connectivity index (χ0n) is 17.4. The highest BCUT2D eigenvalue weighted by molar-refractivity contribution is 5.85. The topological polar surface area (TPSA) is 46.5 Å². The summed E-state index contributed by atoms with van der Waals surface area (Å²) in [4.78, 5) is 13.5. The molecule has 3 aliphatic rings. The molecule has 0 spiro atoms. The predicted molar refractivity (Wildman–Crippen MR) is 116 cm³/mol. The Morgan fingerprint density at radius 2 is 1.63 bits per heavy atom. The van der Waals surface area contributed by atoms with Gasteiger partial charge in [-0.05, 0) is 11.1 Å². The van der Waals surface area contributed by atoms with Gasteiger partial charge in [0, 0.05) is 31.6 Å². The smallest absolute Gasteiger partial charge is 0.348 e. The number of quaternary nitrogens is 1.